The molecule has 0 saturated carbocycles. The van der Waals surface area contributed by atoms with E-state index in [0.29, 0.717) is 16.8 Å². The Balaban J connectivity index is 2.17. The molecule has 0 atom stereocenters. The number of rotatable bonds is 4. The van der Waals surface area contributed by atoms with Gasteiger partial charge in [-0.2, -0.15) is 10.1 Å². The number of aromatic nitrogens is 3. The van der Waals surface area contributed by atoms with Crippen molar-refractivity contribution in [2.45, 2.75) is 19.9 Å². The maximum Gasteiger partial charge on any atom is 0.320 e. The molecule has 0 N–H and O–H groups in total. The molecule has 5 heteroatoms. The molecule has 0 spiro atoms. The van der Waals surface area contributed by atoms with E-state index in [0.717, 1.165) is 13.0 Å². The highest BCUT2D eigenvalue weighted by Gasteiger charge is 2.05. The summed E-state index contributed by atoms with van der Waals surface area (Å²) in [6.07, 6.45) is 2.46. The molecule has 0 radical (unpaired) electrons. The quantitative estimate of drug-likeness (QED) is 0.820. The van der Waals surface area contributed by atoms with Gasteiger partial charge in [0.15, 0.2) is 0 Å². The van der Waals surface area contributed by atoms with Gasteiger partial charge in [-0.3, -0.25) is 0 Å². The summed E-state index contributed by atoms with van der Waals surface area (Å²) < 4.78 is 7.31. The lowest BCUT2D eigenvalue weighted by molar-refractivity contribution is 0.395. The van der Waals surface area contributed by atoms with Gasteiger partial charge < -0.3 is 4.74 Å². The van der Waals surface area contributed by atoms with Gasteiger partial charge >= 0.3 is 6.01 Å². The molecule has 84 valence electrons. The third-order valence-electron chi connectivity index (χ3n) is 2.02. The van der Waals surface area contributed by atoms with Crippen LogP contribution in [-0.4, -0.2) is 14.8 Å². The van der Waals surface area contributed by atoms with E-state index in [1.165, 1.54) is 6.33 Å². The van der Waals surface area contributed by atoms with Gasteiger partial charge in [0.1, 0.15) is 12.1 Å². The normalized spacial score (nSPS) is 10.4. The topological polar surface area (TPSA) is 39.9 Å². The highest BCUT2D eigenvalue weighted by atomic mass is 35.5. The number of ether oxygens (including phenoxy) is 1. The van der Waals surface area contributed by atoms with Crippen LogP contribution in [0.3, 0.4) is 0 Å². The summed E-state index contributed by atoms with van der Waals surface area (Å²) in [7, 11) is 0. The number of hydrogen-bond acceptors (Lipinski definition) is 3. The molecule has 0 amide bonds. The Morgan fingerprint density at radius 3 is 3.06 bits per heavy atom. The van der Waals surface area contributed by atoms with Crippen molar-refractivity contribution in [1.29, 1.82) is 0 Å². The van der Waals surface area contributed by atoms with E-state index in [1.54, 1.807) is 16.8 Å². The summed E-state index contributed by atoms with van der Waals surface area (Å²) in [5.74, 6) is 0.665. The lowest BCUT2D eigenvalue weighted by Crippen LogP contribution is -2.01. The lowest BCUT2D eigenvalue weighted by Gasteiger charge is -2.06. The predicted octanol–water partition coefficient (Wildman–Crippen LogP) is 3.13. The SMILES string of the molecule is CCCn1ncnc1Oc1cccc(Cl)c1. The molecule has 1 aromatic heterocycles. The van der Waals surface area contributed by atoms with Crippen LogP contribution < -0.4 is 4.74 Å². The number of hydrogen-bond donors (Lipinski definition) is 0. The van der Waals surface area contributed by atoms with Crippen LogP contribution in [0, 0.1) is 0 Å². The van der Waals surface area contributed by atoms with E-state index in [1.807, 2.05) is 12.1 Å². The Morgan fingerprint density at radius 1 is 1.44 bits per heavy atom. The van der Waals surface area contributed by atoms with Crippen LogP contribution in [0.5, 0.6) is 11.8 Å². The molecule has 0 bridgehead atoms. The highest BCUT2D eigenvalue weighted by molar-refractivity contribution is 6.30. The molecule has 4 nitrogen and oxygen atoms in total. The molecule has 0 aliphatic heterocycles. The fourth-order valence-electron chi connectivity index (χ4n) is 1.33. The summed E-state index contributed by atoms with van der Waals surface area (Å²) in [5, 5.41) is 4.71. The number of halogens is 1. The molecular formula is C11H12ClN3O. The zero-order valence-electron chi connectivity index (χ0n) is 8.93. The summed E-state index contributed by atoms with van der Waals surface area (Å²) >= 11 is 5.86. The Morgan fingerprint density at radius 2 is 2.31 bits per heavy atom. The molecule has 1 heterocycles. The average Bonchev–Trinajstić information content (AvgIpc) is 2.66. The Kier molecular flexibility index (Phi) is 3.41. The second kappa shape index (κ2) is 4.99. The zero-order chi connectivity index (χ0) is 11.4. The standard InChI is InChI=1S/C11H12ClN3O/c1-2-6-15-11(13-8-14-15)16-10-5-3-4-9(12)7-10/h3-5,7-8H,2,6H2,1H3. The van der Waals surface area contributed by atoms with E-state index in [2.05, 4.69) is 17.0 Å². The first kappa shape index (κ1) is 11.0. The van der Waals surface area contributed by atoms with Crippen LogP contribution in [0.25, 0.3) is 0 Å². The highest BCUT2D eigenvalue weighted by Crippen LogP contribution is 2.22. The van der Waals surface area contributed by atoms with Gasteiger partial charge in [0, 0.05) is 11.6 Å². The third kappa shape index (κ3) is 2.52. The minimum atomic E-state index is 0.490. The van der Waals surface area contributed by atoms with Crippen molar-refractivity contribution >= 4 is 11.6 Å². The van der Waals surface area contributed by atoms with Gasteiger partial charge in [0.25, 0.3) is 0 Å². The Labute approximate surface area is 98.8 Å². The van der Waals surface area contributed by atoms with Crippen LogP contribution in [-0.2, 0) is 6.54 Å². The van der Waals surface area contributed by atoms with Gasteiger partial charge in [-0.15, -0.1) is 0 Å². The van der Waals surface area contributed by atoms with Crippen LogP contribution in [0.15, 0.2) is 30.6 Å². The van der Waals surface area contributed by atoms with Gasteiger partial charge in [-0.25, -0.2) is 4.68 Å². The second-order valence-electron chi connectivity index (χ2n) is 3.33. The van der Waals surface area contributed by atoms with E-state index in [4.69, 9.17) is 16.3 Å². The Bertz CT molecular complexity index is 470. The fourth-order valence-corrected chi connectivity index (χ4v) is 1.51. The molecule has 2 aromatic rings. The van der Waals surface area contributed by atoms with E-state index < -0.39 is 0 Å². The summed E-state index contributed by atoms with van der Waals surface area (Å²) in [4.78, 5) is 4.05. The molecule has 2 rings (SSSR count). The molecule has 0 aliphatic carbocycles. The van der Waals surface area contributed by atoms with Gasteiger partial charge in [-0.05, 0) is 24.6 Å². The van der Waals surface area contributed by atoms with E-state index in [-0.39, 0.29) is 0 Å². The average molecular weight is 238 g/mol. The maximum atomic E-state index is 5.86. The molecule has 0 saturated heterocycles. The van der Waals surface area contributed by atoms with Gasteiger partial charge in [0.05, 0.1) is 0 Å². The van der Waals surface area contributed by atoms with E-state index >= 15 is 0 Å². The van der Waals surface area contributed by atoms with Crippen molar-refractivity contribution in [1.82, 2.24) is 14.8 Å². The van der Waals surface area contributed by atoms with Crippen LogP contribution >= 0.6 is 11.6 Å². The van der Waals surface area contributed by atoms with Gasteiger partial charge in [-0.1, -0.05) is 24.6 Å². The summed E-state index contributed by atoms with van der Waals surface area (Å²) in [5.41, 5.74) is 0. The molecule has 0 fully saturated rings. The molecule has 1 aromatic carbocycles. The molecular weight excluding hydrogens is 226 g/mol. The number of nitrogens with zero attached hydrogens (tertiary/aromatic N) is 3. The fraction of sp³-hybridized carbons (Fsp3) is 0.273. The van der Waals surface area contributed by atoms with Gasteiger partial charge in [0.2, 0.25) is 0 Å². The van der Waals surface area contributed by atoms with E-state index in [9.17, 15) is 0 Å². The number of aryl methyl sites for hydroxylation is 1. The van der Waals surface area contributed by atoms with Crippen molar-refractivity contribution in [3.05, 3.63) is 35.6 Å². The van der Waals surface area contributed by atoms with Crippen molar-refractivity contribution in [3.8, 4) is 11.8 Å². The Hall–Kier alpha value is -1.55. The minimum absolute atomic E-state index is 0.490. The first-order valence-corrected chi connectivity index (χ1v) is 5.48. The monoisotopic (exact) mass is 237 g/mol. The second-order valence-corrected chi connectivity index (χ2v) is 3.76. The minimum Gasteiger partial charge on any atom is -0.424 e. The van der Waals surface area contributed by atoms with Crippen molar-refractivity contribution in [3.63, 3.8) is 0 Å². The third-order valence-corrected chi connectivity index (χ3v) is 2.26. The molecule has 16 heavy (non-hydrogen) atoms. The molecule has 0 unspecified atom stereocenters. The van der Waals surface area contributed by atoms with Crippen molar-refractivity contribution < 1.29 is 4.74 Å². The largest absolute Gasteiger partial charge is 0.424 e. The van der Waals surface area contributed by atoms with Crippen molar-refractivity contribution in [2.75, 3.05) is 0 Å². The van der Waals surface area contributed by atoms with Crippen LogP contribution in [0.1, 0.15) is 13.3 Å². The summed E-state index contributed by atoms with van der Waals surface area (Å²) in [6.45, 7) is 2.86. The lowest BCUT2D eigenvalue weighted by atomic mass is 10.3. The summed E-state index contributed by atoms with van der Waals surface area (Å²) in [6, 6.07) is 7.69. The van der Waals surface area contributed by atoms with Crippen LogP contribution in [0.2, 0.25) is 5.02 Å². The molecule has 0 aliphatic rings. The first-order valence-electron chi connectivity index (χ1n) is 5.11. The smallest absolute Gasteiger partial charge is 0.320 e. The number of benzene rings is 1. The first-order chi connectivity index (χ1) is 7.79. The zero-order valence-corrected chi connectivity index (χ0v) is 9.68. The predicted molar refractivity (Wildman–Crippen MR) is 61.8 cm³/mol. The van der Waals surface area contributed by atoms with Crippen LogP contribution in [0.4, 0.5) is 0 Å². The maximum absolute atomic E-state index is 5.86. The van der Waals surface area contributed by atoms with Crippen molar-refractivity contribution in [2.24, 2.45) is 0 Å².